The van der Waals surface area contributed by atoms with Gasteiger partial charge in [-0.1, -0.05) is 18.2 Å². The SMILES string of the molecule is CSCC[C@@H](NC(=O)OC(C)(C)C)C(=O)Oc1ccc2c(=O)c(Oc3ccccc3)coc2c1. The predicted molar refractivity (Wildman–Crippen MR) is 131 cm³/mol. The molecule has 3 rings (SSSR count). The lowest BCUT2D eigenvalue weighted by atomic mass is 10.2. The van der Waals surface area contributed by atoms with Gasteiger partial charge in [-0.25, -0.2) is 9.59 Å². The van der Waals surface area contributed by atoms with Crippen molar-refractivity contribution >= 4 is 34.8 Å². The van der Waals surface area contributed by atoms with E-state index in [1.807, 2.05) is 12.3 Å². The van der Waals surface area contributed by atoms with Gasteiger partial charge in [-0.2, -0.15) is 11.8 Å². The number of carbonyl (C=O) groups excluding carboxylic acids is 2. The van der Waals surface area contributed by atoms with E-state index in [4.69, 9.17) is 18.6 Å². The van der Waals surface area contributed by atoms with Gasteiger partial charge in [0.2, 0.25) is 11.2 Å². The minimum absolute atomic E-state index is 0.0436. The number of benzene rings is 2. The molecule has 0 spiro atoms. The second kappa shape index (κ2) is 11.1. The number of nitrogens with one attached hydrogen (secondary N) is 1. The number of alkyl carbamates (subject to hydrolysis) is 1. The van der Waals surface area contributed by atoms with Crippen molar-refractivity contribution in [3.05, 3.63) is 65.0 Å². The van der Waals surface area contributed by atoms with Gasteiger partial charge in [0.05, 0.1) is 5.39 Å². The van der Waals surface area contributed by atoms with Crippen molar-refractivity contribution in [2.45, 2.75) is 38.8 Å². The number of para-hydroxylation sites is 1. The van der Waals surface area contributed by atoms with Gasteiger partial charge in [-0.05, 0) is 63.5 Å². The zero-order chi connectivity index (χ0) is 24.7. The first-order valence-corrected chi connectivity index (χ1v) is 12.0. The smallest absolute Gasteiger partial charge is 0.408 e. The third-order valence-electron chi connectivity index (χ3n) is 4.49. The summed E-state index contributed by atoms with van der Waals surface area (Å²) < 4.78 is 21.9. The molecular weight excluding hydrogens is 458 g/mol. The van der Waals surface area contributed by atoms with Crippen molar-refractivity contribution < 1.29 is 28.2 Å². The maximum absolute atomic E-state index is 12.8. The lowest BCUT2D eigenvalue weighted by Gasteiger charge is -2.22. The molecular formula is C25H27NO7S. The molecule has 0 saturated heterocycles. The van der Waals surface area contributed by atoms with Crippen molar-refractivity contribution in [3.8, 4) is 17.2 Å². The molecule has 1 amide bonds. The molecule has 0 aliphatic heterocycles. The monoisotopic (exact) mass is 485 g/mol. The van der Waals surface area contributed by atoms with Gasteiger partial charge in [-0.3, -0.25) is 4.79 Å². The Kier molecular flexibility index (Phi) is 8.22. The van der Waals surface area contributed by atoms with Crippen LogP contribution in [0.2, 0.25) is 0 Å². The number of hydrogen-bond donors (Lipinski definition) is 1. The van der Waals surface area contributed by atoms with Crippen LogP contribution < -0.4 is 20.2 Å². The van der Waals surface area contributed by atoms with Gasteiger partial charge >= 0.3 is 12.1 Å². The molecule has 0 saturated carbocycles. The minimum atomic E-state index is -0.897. The Labute approximate surface area is 201 Å². The number of thioether (sulfide) groups is 1. The quantitative estimate of drug-likeness (QED) is 0.346. The zero-order valence-corrected chi connectivity index (χ0v) is 20.3. The number of rotatable bonds is 8. The van der Waals surface area contributed by atoms with Gasteiger partial charge in [0, 0.05) is 6.07 Å². The Bertz CT molecular complexity index is 1200. The summed E-state index contributed by atoms with van der Waals surface area (Å²) >= 11 is 1.54. The highest BCUT2D eigenvalue weighted by molar-refractivity contribution is 7.98. The van der Waals surface area contributed by atoms with Crippen molar-refractivity contribution in [2.75, 3.05) is 12.0 Å². The van der Waals surface area contributed by atoms with Crippen LogP contribution in [0.15, 0.2) is 64.0 Å². The summed E-state index contributed by atoms with van der Waals surface area (Å²) in [6, 6.07) is 12.4. The van der Waals surface area contributed by atoms with Gasteiger partial charge in [0.25, 0.3) is 0 Å². The van der Waals surface area contributed by atoms with Gasteiger partial charge in [0.1, 0.15) is 35.0 Å². The number of ether oxygens (including phenoxy) is 3. The summed E-state index contributed by atoms with van der Waals surface area (Å²) in [7, 11) is 0. The normalized spacial score (nSPS) is 12.1. The lowest BCUT2D eigenvalue weighted by Crippen LogP contribution is -2.45. The second-order valence-electron chi connectivity index (χ2n) is 8.40. The van der Waals surface area contributed by atoms with Crippen molar-refractivity contribution in [1.29, 1.82) is 0 Å². The molecule has 3 aromatic rings. The van der Waals surface area contributed by atoms with E-state index in [1.54, 1.807) is 45.0 Å². The maximum atomic E-state index is 12.8. The molecule has 9 heteroatoms. The fourth-order valence-corrected chi connectivity index (χ4v) is 3.43. The molecule has 8 nitrogen and oxygen atoms in total. The number of amides is 1. The highest BCUT2D eigenvalue weighted by Crippen LogP contribution is 2.24. The third kappa shape index (κ3) is 7.02. The van der Waals surface area contributed by atoms with E-state index in [0.29, 0.717) is 17.9 Å². The predicted octanol–water partition coefficient (Wildman–Crippen LogP) is 5.14. The van der Waals surface area contributed by atoms with Crippen LogP contribution in [0.5, 0.6) is 17.2 Å². The van der Waals surface area contributed by atoms with Crippen LogP contribution in [-0.4, -0.2) is 35.7 Å². The number of esters is 1. The van der Waals surface area contributed by atoms with Crippen LogP contribution >= 0.6 is 11.8 Å². The number of fused-ring (bicyclic) bond motifs is 1. The first-order valence-electron chi connectivity index (χ1n) is 10.6. The third-order valence-corrected chi connectivity index (χ3v) is 5.13. The van der Waals surface area contributed by atoms with E-state index >= 15 is 0 Å². The Balaban J connectivity index is 1.75. The van der Waals surface area contributed by atoms with E-state index in [2.05, 4.69) is 5.32 Å². The second-order valence-corrected chi connectivity index (χ2v) is 9.39. The van der Waals surface area contributed by atoms with E-state index < -0.39 is 23.7 Å². The molecule has 0 radical (unpaired) electrons. The Morgan fingerprint density at radius 1 is 1.09 bits per heavy atom. The zero-order valence-electron chi connectivity index (χ0n) is 19.5. The molecule has 0 bridgehead atoms. The molecule has 34 heavy (non-hydrogen) atoms. The van der Waals surface area contributed by atoms with E-state index in [0.717, 1.165) is 0 Å². The van der Waals surface area contributed by atoms with Crippen LogP contribution in [0.4, 0.5) is 4.79 Å². The number of carbonyl (C=O) groups is 2. The largest absolute Gasteiger partial charge is 0.460 e. The Morgan fingerprint density at radius 2 is 1.82 bits per heavy atom. The summed E-state index contributed by atoms with van der Waals surface area (Å²) in [6.07, 6.45) is 2.78. The summed E-state index contributed by atoms with van der Waals surface area (Å²) in [4.78, 5) is 37.7. The molecule has 0 aliphatic rings. The first-order chi connectivity index (χ1) is 16.2. The van der Waals surface area contributed by atoms with Crippen molar-refractivity contribution in [3.63, 3.8) is 0 Å². The topological polar surface area (TPSA) is 104 Å². The molecule has 180 valence electrons. The van der Waals surface area contributed by atoms with Crippen LogP contribution in [0.25, 0.3) is 11.0 Å². The van der Waals surface area contributed by atoms with Crippen molar-refractivity contribution in [2.24, 2.45) is 0 Å². The van der Waals surface area contributed by atoms with Crippen LogP contribution in [0.3, 0.4) is 0 Å². The van der Waals surface area contributed by atoms with Gasteiger partial charge < -0.3 is 23.9 Å². The molecule has 1 heterocycles. The molecule has 0 unspecified atom stereocenters. The fraction of sp³-hybridized carbons (Fsp3) is 0.320. The summed E-state index contributed by atoms with van der Waals surface area (Å²) in [5.41, 5.74) is -0.819. The average molecular weight is 486 g/mol. The van der Waals surface area contributed by atoms with Gasteiger partial charge in [-0.15, -0.1) is 0 Å². The van der Waals surface area contributed by atoms with Crippen molar-refractivity contribution in [1.82, 2.24) is 5.32 Å². The summed E-state index contributed by atoms with van der Waals surface area (Å²) in [5, 5.41) is 2.84. The van der Waals surface area contributed by atoms with Crippen LogP contribution in [0.1, 0.15) is 27.2 Å². The Hall–Kier alpha value is -3.46. The number of hydrogen-bond acceptors (Lipinski definition) is 8. The summed E-state index contributed by atoms with van der Waals surface area (Å²) in [6.45, 7) is 5.21. The molecule has 0 aliphatic carbocycles. The minimum Gasteiger partial charge on any atom is -0.460 e. The molecule has 1 N–H and O–H groups in total. The molecule has 1 aromatic heterocycles. The van der Waals surface area contributed by atoms with Crippen LogP contribution in [-0.2, 0) is 9.53 Å². The first kappa shape index (κ1) is 25.2. The molecule has 2 aromatic carbocycles. The van der Waals surface area contributed by atoms with E-state index in [-0.39, 0.29) is 27.9 Å². The highest BCUT2D eigenvalue weighted by Gasteiger charge is 2.26. The molecule has 1 atom stereocenters. The standard InChI is InChI=1S/C25H27NO7S/c1-25(2,3)33-24(29)26-19(12-13-34-4)23(28)32-17-10-11-18-20(14-17)30-15-21(22(18)27)31-16-8-6-5-7-9-16/h5-11,14-15,19H,12-13H2,1-4H3,(H,26,29)/t19-/m1/s1. The molecule has 0 fully saturated rings. The lowest BCUT2D eigenvalue weighted by molar-refractivity contribution is -0.136. The van der Waals surface area contributed by atoms with E-state index in [1.165, 1.54) is 36.2 Å². The van der Waals surface area contributed by atoms with Gasteiger partial charge in [0.15, 0.2) is 0 Å². The fourth-order valence-electron chi connectivity index (χ4n) is 2.96. The summed E-state index contributed by atoms with van der Waals surface area (Å²) in [5.74, 6) is 0.713. The maximum Gasteiger partial charge on any atom is 0.408 e. The van der Waals surface area contributed by atoms with E-state index in [9.17, 15) is 14.4 Å². The average Bonchev–Trinajstić information content (AvgIpc) is 2.78. The van der Waals surface area contributed by atoms with Crippen LogP contribution in [0, 0.1) is 0 Å². The Morgan fingerprint density at radius 3 is 2.50 bits per heavy atom. The highest BCUT2D eigenvalue weighted by atomic mass is 32.2.